The minimum atomic E-state index is -0.0378. The molecule has 3 aromatic rings. The van der Waals surface area contributed by atoms with Crippen molar-refractivity contribution in [3.8, 4) is 0 Å². The molecule has 0 unspecified atom stereocenters. The number of aromatic nitrogens is 3. The maximum atomic E-state index is 12.3. The molecule has 7 heteroatoms. The Labute approximate surface area is 156 Å². The normalized spacial score (nSPS) is 15.5. The molecule has 1 fully saturated rings. The Hall–Kier alpha value is -2.41. The van der Waals surface area contributed by atoms with Crippen LogP contribution in [0.5, 0.6) is 0 Å². The predicted octanol–water partition coefficient (Wildman–Crippen LogP) is 2.99. The SMILES string of the molecule is CCc1cccc2sc(N3CCC(NC(=O)c4cnn(C)c4)CC3)nc12. The second-order valence-electron chi connectivity index (χ2n) is 6.75. The zero-order valence-electron chi connectivity index (χ0n) is 15.1. The summed E-state index contributed by atoms with van der Waals surface area (Å²) in [7, 11) is 1.82. The molecule has 0 aliphatic carbocycles. The minimum Gasteiger partial charge on any atom is -0.349 e. The quantitative estimate of drug-likeness (QED) is 0.768. The van der Waals surface area contributed by atoms with Gasteiger partial charge >= 0.3 is 0 Å². The van der Waals surface area contributed by atoms with Crippen molar-refractivity contribution in [2.45, 2.75) is 32.2 Å². The molecule has 1 aliphatic heterocycles. The molecule has 1 aliphatic rings. The van der Waals surface area contributed by atoms with Gasteiger partial charge in [-0.05, 0) is 30.9 Å². The zero-order valence-corrected chi connectivity index (χ0v) is 15.9. The number of nitrogens with zero attached hydrogens (tertiary/aromatic N) is 4. The first kappa shape index (κ1) is 17.0. The number of para-hydroxylation sites is 1. The van der Waals surface area contributed by atoms with E-state index in [9.17, 15) is 4.79 Å². The summed E-state index contributed by atoms with van der Waals surface area (Å²) in [6.45, 7) is 4.00. The first-order chi connectivity index (χ1) is 12.6. The summed E-state index contributed by atoms with van der Waals surface area (Å²) >= 11 is 1.76. The molecule has 1 aromatic carbocycles. The van der Waals surface area contributed by atoms with E-state index >= 15 is 0 Å². The molecule has 0 bridgehead atoms. The van der Waals surface area contributed by atoms with Gasteiger partial charge in [0.2, 0.25) is 0 Å². The predicted molar refractivity (Wildman–Crippen MR) is 105 cm³/mol. The number of nitrogens with one attached hydrogen (secondary N) is 1. The van der Waals surface area contributed by atoms with Gasteiger partial charge in [-0.1, -0.05) is 30.4 Å². The number of aryl methyl sites for hydroxylation is 2. The standard InChI is InChI=1S/C19H23N5OS/c1-3-13-5-4-6-16-17(13)22-19(26-16)24-9-7-15(8-10-24)21-18(25)14-11-20-23(2)12-14/h4-6,11-12,15H,3,7-10H2,1-2H3,(H,21,25). The van der Waals surface area contributed by atoms with Gasteiger partial charge in [0, 0.05) is 32.4 Å². The number of carbonyl (C=O) groups is 1. The molecule has 0 radical (unpaired) electrons. The average Bonchev–Trinajstić information content (AvgIpc) is 3.28. The Morgan fingerprint density at radius 3 is 2.85 bits per heavy atom. The van der Waals surface area contributed by atoms with Crippen LogP contribution in [-0.2, 0) is 13.5 Å². The maximum Gasteiger partial charge on any atom is 0.254 e. The van der Waals surface area contributed by atoms with Crippen LogP contribution in [0.1, 0.15) is 35.7 Å². The Morgan fingerprint density at radius 2 is 2.15 bits per heavy atom. The third kappa shape index (κ3) is 3.31. The van der Waals surface area contributed by atoms with Gasteiger partial charge in [-0.3, -0.25) is 9.48 Å². The van der Waals surface area contributed by atoms with Gasteiger partial charge in [0.25, 0.3) is 5.91 Å². The maximum absolute atomic E-state index is 12.3. The number of thiazole rings is 1. The van der Waals surface area contributed by atoms with Crippen LogP contribution in [0.2, 0.25) is 0 Å². The van der Waals surface area contributed by atoms with Crippen molar-refractivity contribution in [3.05, 3.63) is 41.7 Å². The lowest BCUT2D eigenvalue weighted by Crippen LogP contribution is -2.44. The molecule has 4 rings (SSSR count). The second-order valence-corrected chi connectivity index (χ2v) is 7.76. The Bertz CT molecular complexity index is 923. The van der Waals surface area contributed by atoms with E-state index in [4.69, 9.17) is 4.98 Å². The summed E-state index contributed by atoms with van der Waals surface area (Å²) in [5.41, 5.74) is 3.07. The first-order valence-electron chi connectivity index (χ1n) is 9.07. The largest absolute Gasteiger partial charge is 0.349 e. The molecular weight excluding hydrogens is 346 g/mol. The number of hydrogen-bond acceptors (Lipinski definition) is 5. The first-order valence-corrected chi connectivity index (χ1v) is 9.88. The summed E-state index contributed by atoms with van der Waals surface area (Å²) < 4.78 is 2.90. The highest BCUT2D eigenvalue weighted by molar-refractivity contribution is 7.22. The molecule has 0 atom stereocenters. The van der Waals surface area contributed by atoms with E-state index in [-0.39, 0.29) is 11.9 Å². The third-order valence-electron chi connectivity index (χ3n) is 4.94. The van der Waals surface area contributed by atoms with Crippen LogP contribution in [0, 0.1) is 0 Å². The zero-order chi connectivity index (χ0) is 18.1. The lowest BCUT2D eigenvalue weighted by molar-refractivity contribution is 0.0931. The van der Waals surface area contributed by atoms with E-state index in [0.29, 0.717) is 5.56 Å². The monoisotopic (exact) mass is 369 g/mol. The molecule has 1 amide bonds. The van der Waals surface area contributed by atoms with Crippen LogP contribution in [0.3, 0.4) is 0 Å². The summed E-state index contributed by atoms with van der Waals surface area (Å²) in [5, 5.41) is 8.28. The van der Waals surface area contributed by atoms with Crippen LogP contribution in [-0.4, -0.2) is 39.8 Å². The fourth-order valence-corrected chi connectivity index (χ4v) is 4.50. The fraction of sp³-hybridized carbons (Fsp3) is 0.421. The van der Waals surface area contributed by atoms with Crippen LogP contribution in [0.4, 0.5) is 5.13 Å². The Kier molecular flexibility index (Phi) is 4.63. The van der Waals surface area contributed by atoms with E-state index in [0.717, 1.165) is 43.0 Å². The molecule has 2 aromatic heterocycles. The number of carbonyl (C=O) groups excluding carboxylic acids is 1. The molecule has 0 saturated carbocycles. The van der Waals surface area contributed by atoms with Crippen molar-refractivity contribution in [1.29, 1.82) is 0 Å². The lowest BCUT2D eigenvalue weighted by Gasteiger charge is -2.32. The summed E-state index contributed by atoms with van der Waals surface area (Å²) in [4.78, 5) is 19.5. The number of hydrogen-bond donors (Lipinski definition) is 1. The van der Waals surface area contributed by atoms with E-state index in [2.05, 4.69) is 40.4 Å². The highest BCUT2D eigenvalue weighted by atomic mass is 32.1. The van der Waals surface area contributed by atoms with Crippen LogP contribution in [0.25, 0.3) is 10.2 Å². The third-order valence-corrected chi connectivity index (χ3v) is 6.02. The highest BCUT2D eigenvalue weighted by Crippen LogP contribution is 2.32. The lowest BCUT2D eigenvalue weighted by atomic mass is 10.1. The van der Waals surface area contributed by atoms with Crippen molar-refractivity contribution in [1.82, 2.24) is 20.1 Å². The van der Waals surface area contributed by atoms with Gasteiger partial charge in [-0.25, -0.2) is 4.98 Å². The molecule has 1 saturated heterocycles. The van der Waals surface area contributed by atoms with Crippen molar-refractivity contribution in [2.75, 3.05) is 18.0 Å². The number of anilines is 1. The van der Waals surface area contributed by atoms with Crippen LogP contribution in [0.15, 0.2) is 30.6 Å². The summed E-state index contributed by atoms with van der Waals surface area (Å²) in [6, 6.07) is 6.63. The molecule has 136 valence electrons. The summed E-state index contributed by atoms with van der Waals surface area (Å²) in [5.74, 6) is -0.0378. The van der Waals surface area contributed by atoms with Crippen molar-refractivity contribution >= 4 is 32.6 Å². The van der Waals surface area contributed by atoms with Gasteiger partial charge < -0.3 is 10.2 Å². The Balaban J connectivity index is 1.40. The molecule has 3 heterocycles. The van der Waals surface area contributed by atoms with Gasteiger partial charge in [0.05, 0.1) is 22.0 Å². The van der Waals surface area contributed by atoms with E-state index in [1.54, 1.807) is 28.4 Å². The fourth-order valence-electron chi connectivity index (χ4n) is 3.44. The average molecular weight is 369 g/mol. The number of rotatable bonds is 4. The van der Waals surface area contributed by atoms with E-state index < -0.39 is 0 Å². The van der Waals surface area contributed by atoms with Crippen molar-refractivity contribution in [3.63, 3.8) is 0 Å². The van der Waals surface area contributed by atoms with E-state index in [1.165, 1.54) is 10.3 Å². The number of amides is 1. The van der Waals surface area contributed by atoms with Crippen molar-refractivity contribution in [2.24, 2.45) is 7.05 Å². The molecular formula is C19H23N5OS. The van der Waals surface area contributed by atoms with Crippen molar-refractivity contribution < 1.29 is 4.79 Å². The minimum absolute atomic E-state index is 0.0378. The number of fused-ring (bicyclic) bond motifs is 1. The second kappa shape index (κ2) is 7.07. The molecule has 0 spiro atoms. The molecule has 26 heavy (non-hydrogen) atoms. The smallest absolute Gasteiger partial charge is 0.254 e. The highest BCUT2D eigenvalue weighted by Gasteiger charge is 2.23. The van der Waals surface area contributed by atoms with Crippen LogP contribution >= 0.6 is 11.3 Å². The van der Waals surface area contributed by atoms with Gasteiger partial charge in [0.15, 0.2) is 5.13 Å². The number of benzene rings is 1. The van der Waals surface area contributed by atoms with Crippen LogP contribution < -0.4 is 10.2 Å². The summed E-state index contributed by atoms with van der Waals surface area (Å²) in [6.07, 6.45) is 6.22. The number of piperidine rings is 1. The van der Waals surface area contributed by atoms with Gasteiger partial charge in [0.1, 0.15) is 0 Å². The van der Waals surface area contributed by atoms with Gasteiger partial charge in [-0.2, -0.15) is 5.10 Å². The van der Waals surface area contributed by atoms with Gasteiger partial charge in [-0.15, -0.1) is 0 Å². The molecule has 6 nitrogen and oxygen atoms in total. The van der Waals surface area contributed by atoms with E-state index in [1.807, 2.05) is 7.05 Å². The molecule has 1 N–H and O–H groups in total. The Morgan fingerprint density at radius 1 is 1.35 bits per heavy atom. The topological polar surface area (TPSA) is 63.1 Å².